The number of esters is 1. The molecule has 0 heterocycles. The summed E-state index contributed by atoms with van der Waals surface area (Å²) in [6.45, 7) is 5.68. The maximum Gasteiger partial charge on any atom is 0.310 e. The van der Waals surface area contributed by atoms with Crippen molar-refractivity contribution in [2.75, 3.05) is 11.9 Å². The van der Waals surface area contributed by atoms with Crippen LogP contribution in [0.1, 0.15) is 24.5 Å². The first-order valence-electron chi connectivity index (χ1n) is 8.20. The fourth-order valence-corrected chi connectivity index (χ4v) is 2.15. The van der Waals surface area contributed by atoms with Crippen LogP contribution < -0.4 is 10.1 Å². The van der Waals surface area contributed by atoms with Gasteiger partial charge in [0, 0.05) is 5.69 Å². The van der Waals surface area contributed by atoms with Crippen molar-refractivity contribution in [3.8, 4) is 5.75 Å². The van der Waals surface area contributed by atoms with Crippen LogP contribution in [0.5, 0.6) is 5.75 Å². The van der Waals surface area contributed by atoms with E-state index in [2.05, 4.69) is 5.32 Å². The van der Waals surface area contributed by atoms with Crippen molar-refractivity contribution in [3.63, 3.8) is 0 Å². The zero-order chi connectivity index (χ0) is 18.2. The third kappa shape index (κ3) is 6.30. The summed E-state index contributed by atoms with van der Waals surface area (Å²) in [6.07, 6.45) is -0.788. The van der Waals surface area contributed by atoms with Gasteiger partial charge in [0.25, 0.3) is 5.91 Å². The third-order valence-electron chi connectivity index (χ3n) is 3.56. The number of ether oxygens (including phenoxy) is 2. The summed E-state index contributed by atoms with van der Waals surface area (Å²) in [4.78, 5) is 23.9. The fraction of sp³-hybridized carbons (Fsp3) is 0.300. The first-order valence-corrected chi connectivity index (χ1v) is 8.20. The Balaban J connectivity index is 1.73. The zero-order valence-electron chi connectivity index (χ0n) is 14.7. The van der Waals surface area contributed by atoms with Crippen LogP contribution in [0.15, 0.2) is 48.5 Å². The molecule has 0 aliphatic heterocycles. The number of nitrogens with one attached hydrogen (secondary N) is 1. The second kappa shape index (κ2) is 8.87. The van der Waals surface area contributed by atoms with E-state index in [0.29, 0.717) is 11.4 Å². The van der Waals surface area contributed by atoms with Crippen LogP contribution in [0.2, 0.25) is 0 Å². The van der Waals surface area contributed by atoms with E-state index in [1.165, 1.54) is 0 Å². The number of amides is 1. The topological polar surface area (TPSA) is 64.6 Å². The molecular formula is C20H23NO4. The SMILES string of the molecule is Cc1ccc(NC(=O)[C@H](C)OC(=O)CCOc2cccc(C)c2)cc1. The van der Waals surface area contributed by atoms with Gasteiger partial charge in [-0.3, -0.25) is 9.59 Å². The molecule has 0 bridgehead atoms. The predicted octanol–water partition coefficient (Wildman–Crippen LogP) is 3.64. The first kappa shape index (κ1) is 18.5. The maximum absolute atomic E-state index is 12.0. The summed E-state index contributed by atoms with van der Waals surface area (Å²) in [6, 6.07) is 15.0. The van der Waals surface area contributed by atoms with Gasteiger partial charge >= 0.3 is 5.97 Å². The largest absolute Gasteiger partial charge is 0.493 e. The average molecular weight is 341 g/mol. The molecule has 0 aliphatic carbocycles. The summed E-state index contributed by atoms with van der Waals surface area (Å²) in [5.74, 6) is -0.131. The van der Waals surface area contributed by atoms with Crippen LogP contribution in [0.4, 0.5) is 5.69 Å². The van der Waals surface area contributed by atoms with Crippen LogP contribution in [0, 0.1) is 13.8 Å². The van der Waals surface area contributed by atoms with Gasteiger partial charge in [-0.05, 0) is 50.6 Å². The minimum absolute atomic E-state index is 0.0795. The van der Waals surface area contributed by atoms with E-state index >= 15 is 0 Å². The molecule has 1 N–H and O–H groups in total. The number of aryl methyl sites for hydroxylation is 2. The third-order valence-corrected chi connectivity index (χ3v) is 3.56. The van der Waals surface area contributed by atoms with Gasteiger partial charge in [0.2, 0.25) is 0 Å². The van der Waals surface area contributed by atoms with Crippen LogP contribution in [-0.4, -0.2) is 24.6 Å². The van der Waals surface area contributed by atoms with E-state index in [1.54, 1.807) is 19.1 Å². The molecule has 132 valence electrons. The van der Waals surface area contributed by atoms with Gasteiger partial charge in [-0.25, -0.2) is 0 Å². The van der Waals surface area contributed by atoms with E-state index < -0.39 is 12.1 Å². The lowest BCUT2D eigenvalue weighted by Gasteiger charge is -2.14. The molecule has 0 spiro atoms. The molecule has 2 aromatic carbocycles. The van der Waals surface area contributed by atoms with Crippen molar-refractivity contribution in [3.05, 3.63) is 59.7 Å². The maximum atomic E-state index is 12.0. The Labute approximate surface area is 148 Å². The molecule has 5 nitrogen and oxygen atoms in total. The number of hydrogen-bond donors (Lipinski definition) is 1. The van der Waals surface area contributed by atoms with Gasteiger partial charge in [-0.1, -0.05) is 29.8 Å². The van der Waals surface area contributed by atoms with E-state index in [0.717, 1.165) is 11.1 Å². The zero-order valence-corrected chi connectivity index (χ0v) is 14.7. The molecule has 0 saturated carbocycles. The Bertz CT molecular complexity index is 725. The Morgan fingerprint density at radius 1 is 1.04 bits per heavy atom. The lowest BCUT2D eigenvalue weighted by Crippen LogP contribution is -2.30. The lowest BCUT2D eigenvalue weighted by molar-refractivity contribution is -0.153. The van der Waals surface area contributed by atoms with Gasteiger partial charge < -0.3 is 14.8 Å². The number of rotatable bonds is 7. The molecule has 2 aromatic rings. The van der Waals surface area contributed by atoms with Crippen molar-refractivity contribution in [2.45, 2.75) is 33.3 Å². The monoisotopic (exact) mass is 341 g/mol. The average Bonchev–Trinajstić information content (AvgIpc) is 2.57. The summed E-state index contributed by atoms with van der Waals surface area (Å²) in [5.41, 5.74) is 2.86. The van der Waals surface area contributed by atoms with Crippen molar-refractivity contribution in [1.82, 2.24) is 0 Å². The number of carbonyl (C=O) groups excluding carboxylic acids is 2. The molecular weight excluding hydrogens is 318 g/mol. The lowest BCUT2D eigenvalue weighted by atomic mass is 10.2. The minimum atomic E-state index is -0.868. The quantitative estimate of drug-likeness (QED) is 0.781. The van der Waals surface area contributed by atoms with Gasteiger partial charge in [0.05, 0.1) is 13.0 Å². The highest BCUT2D eigenvalue weighted by molar-refractivity contribution is 5.95. The van der Waals surface area contributed by atoms with Crippen molar-refractivity contribution in [2.24, 2.45) is 0 Å². The highest BCUT2D eigenvalue weighted by Gasteiger charge is 2.17. The van der Waals surface area contributed by atoms with Gasteiger partial charge in [-0.15, -0.1) is 0 Å². The molecule has 1 atom stereocenters. The summed E-state index contributed by atoms with van der Waals surface area (Å²) < 4.78 is 10.6. The molecule has 2 rings (SSSR count). The number of anilines is 1. The summed E-state index contributed by atoms with van der Waals surface area (Å²) >= 11 is 0. The molecule has 0 aliphatic rings. The van der Waals surface area contributed by atoms with Crippen molar-refractivity contribution in [1.29, 1.82) is 0 Å². The van der Waals surface area contributed by atoms with Crippen molar-refractivity contribution >= 4 is 17.6 Å². The molecule has 0 aromatic heterocycles. The van der Waals surface area contributed by atoms with Crippen LogP contribution in [-0.2, 0) is 14.3 Å². The number of hydrogen-bond acceptors (Lipinski definition) is 4. The second-order valence-corrected chi connectivity index (χ2v) is 5.90. The Kier molecular flexibility index (Phi) is 6.57. The van der Waals surface area contributed by atoms with E-state index in [9.17, 15) is 9.59 Å². The smallest absolute Gasteiger partial charge is 0.310 e. The molecule has 0 unspecified atom stereocenters. The molecule has 1 amide bonds. The van der Waals surface area contributed by atoms with E-state index in [-0.39, 0.29) is 18.9 Å². The molecule has 5 heteroatoms. The van der Waals surface area contributed by atoms with Crippen molar-refractivity contribution < 1.29 is 19.1 Å². The predicted molar refractivity (Wildman–Crippen MR) is 96.7 cm³/mol. The number of carbonyl (C=O) groups is 2. The molecule has 0 radical (unpaired) electrons. The standard InChI is InChI=1S/C20H23NO4/c1-14-7-9-17(10-8-14)21-20(23)16(3)25-19(22)11-12-24-18-6-4-5-15(2)13-18/h4-10,13,16H,11-12H2,1-3H3,(H,21,23)/t16-/m0/s1. The molecule has 0 fully saturated rings. The normalized spacial score (nSPS) is 11.5. The minimum Gasteiger partial charge on any atom is -0.493 e. The second-order valence-electron chi connectivity index (χ2n) is 5.90. The van der Waals surface area contributed by atoms with Crippen LogP contribution in [0.3, 0.4) is 0 Å². The highest BCUT2D eigenvalue weighted by Crippen LogP contribution is 2.13. The van der Waals surface area contributed by atoms with Crippen LogP contribution in [0.25, 0.3) is 0 Å². The first-order chi connectivity index (χ1) is 11.9. The van der Waals surface area contributed by atoms with Gasteiger partial charge in [0.15, 0.2) is 6.10 Å². The van der Waals surface area contributed by atoms with E-state index in [1.807, 2.05) is 50.2 Å². The Morgan fingerprint density at radius 2 is 1.76 bits per heavy atom. The summed E-state index contributed by atoms with van der Waals surface area (Å²) in [7, 11) is 0. The molecule has 0 saturated heterocycles. The van der Waals surface area contributed by atoms with Gasteiger partial charge in [-0.2, -0.15) is 0 Å². The Morgan fingerprint density at radius 3 is 2.44 bits per heavy atom. The Hall–Kier alpha value is -2.82. The summed E-state index contributed by atoms with van der Waals surface area (Å²) in [5, 5.41) is 2.72. The van der Waals surface area contributed by atoms with Crippen LogP contribution >= 0.6 is 0 Å². The fourth-order valence-electron chi connectivity index (χ4n) is 2.15. The van der Waals surface area contributed by atoms with Gasteiger partial charge in [0.1, 0.15) is 5.75 Å². The van der Waals surface area contributed by atoms with E-state index in [4.69, 9.17) is 9.47 Å². The molecule has 25 heavy (non-hydrogen) atoms. The highest BCUT2D eigenvalue weighted by atomic mass is 16.5. The number of benzene rings is 2.